The number of furan rings is 1. The number of halogens is 3. The summed E-state index contributed by atoms with van der Waals surface area (Å²) in [6, 6.07) is 11.9. The Bertz CT molecular complexity index is 927. The second-order valence-corrected chi connectivity index (χ2v) is 5.89. The van der Waals surface area contributed by atoms with E-state index in [0.717, 1.165) is 0 Å². The first-order valence-corrected chi connectivity index (χ1v) is 9.14. The Morgan fingerprint density at radius 2 is 1.71 bits per heavy atom. The van der Waals surface area contributed by atoms with Crippen LogP contribution in [-0.4, -0.2) is 18.8 Å². The molecule has 2 aromatic carbocycles. The normalized spacial score (nSPS) is 12.2. The van der Waals surface area contributed by atoms with Crippen LogP contribution in [0.5, 0.6) is 0 Å². The Balaban J connectivity index is 0.00000136. The summed E-state index contributed by atoms with van der Waals surface area (Å²) in [7, 11) is 0. The SMILES string of the molecule is CC.CCOC(=O)c1c(C)oc2ccc(C(c3ccccc3)C(F)(F)F)cc12. The van der Waals surface area contributed by atoms with Crippen LogP contribution in [0.4, 0.5) is 13.2 Å². The molecule has 3 nitrogen and oxygen atoms in total. The van der Waals surface area contributed by atoms with E-state index in [9.17, 15) is 18.0 Å². The van der Waals surface area contributed by atoms with Crippen LogP contribution >= 0.6 is 0 Å². The Kier molecular flexibility index (Phi) is 6.89. The van der Waals surface area contributed by atoms with Crippen LogP contribution in [0.25, 0.3) is 11.0 Å². The summed E-state index contributed by atoms with van der Waals surface area (Å²) in [5.41, 5.74) is 0.695. The number of fused-ring (bicyclic) bond motifs is 1. The van der Waals surface area contributed by atoms with Gasteiger partial charge in [0.05, 0.1) is 6.61 Å². The molecule has 3 aromatic rings. The van der Waals surface area contributed by atoms with E-state index in [2.05, 4.69) is 0 Å². The second kappa shape index (κ2) is 8.95. The smallest absolute Gasteiger partial charge is 0.399 e. The third kappa shape index (κ3) is 4.38. The molecular weight excluding hydrogens is 369 g/mol. The fourth-order valence-corrected chi connectivity index (χ4v) is 3.09. The van der Waals surface area contributed by atoms with Gasteiger partial charge in [-0.3, -0.25) is 0 Å². The van der Waals surface area contributed by atoms with Gasteiger partial charge in [0.2, 0.25) is 0 Å². The van der Waals surface area contributed by atoms with Gasteiger partial charge in [0.1, 0.15) is 22.8 Å². The zero-order valence-corrected chi connectivity index (χ0v) is 16.3. The van der Waals surface area contributed by atoms with Gasteiger partial charge in [-0.2, -0.15) is 13.2 Å². The van der Waals surface area contributed by atoms with E-state index in [4.69, 9.17) is 9.15 Å². The summed E-state index contributed by atoms with van der Waals surface area (Å²) in [5, 5.41) is 0.323. The number of carbonyl (C=O) groups excluding carboxylic acids is 1. The minimum atomic E-state index is -4.47. The lowest BCUT2D eigenvalue weighted by Gasteiger charge is -2.21. The quantitative estimate of drug-likeness (QED) is 0.467. The first-order valence-electron chi connectivity index (χ1n) is 9.14. The van der Waals surface area contributed by atoms with Gasteiger partial charge in [0.25, 0.3) is 0 Å². The van der Waals surface area contributed by atoms with Crippen molar-refractivity contribution >= 4 is 16.9 Å². The molecule has 0 aliphatic heterocycles. The van der Waals surface area contributed by atoms with Crippen LogP contribution in [0.3, 0.4) is 0 Å². The van der Waals surface area contributed by atoms with E-state index in [1.54, 1.807) is 32.0 Å². The van der Waals surface area contributed by atoms with Crippen LogP contribution in [0.2, 0.25) is 0 Å². The highest BCUT2D eigenvalue weighted by molar-refractivity contribution is 6.04. The molecule has 0 fully saturated rings. The van der Waals surface area contributed by atoms with Crippen molar-refractivity contribution < 1.29 is 27.1 Å². The zero-order valence-electron chi connectivity index (χ0n) is 16.3. The lowest BCUT2D eigenvalue weighted by atomic mass is 9.89. The fraction of sp³-hybridized carbons (Fsp3) is 0.318. The molecule has 1 unspecified atom stereocenters. The Hall–Kier alpha value is -2.76. The van der Waals surface area contributed by atoms with Crippen LogP contribution in [0.1, 0.15) is 53.9 Å². The first kappa shape index (κ1) is 21.5. The van der Waals surface area contributed by atoms with E-state index < -0.39 is 18.1 Å². The molecule has 1 aromatic heterocycles. The Labute approximate surface area is 162 Å². The molecule has 0 aliphatic carbocycles. The molecular formula is C22H23F3O3. The predicted molar refractivity (Wildman–Crippen MR) is 103 cm³/mol. The Morgan fingerprint density at radius 1 is 1.07 bits per heavy atom. The van der Waals surface area contributed by atoms with Crippen LogP contribution < -0.4 is 0 Å². The van der Waals surface area contributed by atoms with Gasteiger partial charge in [-0.25, -0.2) is 4.79 Å². The van der Waals surface area contributed by atoms with Crippen molar-refractivity contribution in [2.24, 2.45) is 0 Å². The van der Waals surface area contributed by atoms with Crippen molar-refractivity contribution in [3.63, 3.8) is 0 Å². The summed E-state index contributed by atoms with van der Waals surface area (Å²) in [6.07, 6.45) is -4.47. The summed E-state index contributed by atoms with van der Waals surface area (Å²) in [6.45, 7) is 7.42. The Morgan fingerprint density at radius 3 is 2.29 bits per heavy atom. The predicted octanol–water partition coefficient (Wildman–Crippen LogP) is 6.64. The highest BCUT2D eigenvalue weighted by atomic mass is 19.4. The molecule has 0 amide bonds. The number of carbonyl (C=O) groups is 1. The molecule has 0 spiro atoms. The fourth-order valence-electron chi connectivity index (χ4n) is 3.09. The standard InChI is InChI=1S/C20H17F3O3.C2H6/c1-3-25-19(24)17-12(2)26-16-10-9-14(11-15(16)17)18(20(21,22)23)13-7-5-4-6-8-13;1-2/h4-11,18H,3H2,1-2H3;1-2H3. The summed E-state index contributed by atoms with van der Waals surface area (Å²) < 4.78 is 51.8. The molecule has 28 heavy (non-hydrogen) atoms. The molecule has 150 valence electrons. The van der Waals surface area contributed by atoms with Crippen molar-refractivity contribution in [2.45, 2.75) is 39.8 Å². The van der Waals surface area contributed by atoms with Gasteiger partial charge in [-0.1, -0.05) is 50.2 Å². The third-order valence-electron chi connectivity index (χ3n) is 4.16. The minimum absolute atomic E-state index is 0.0440. The minimum Gasteiger partial charge on any atom is -0.462 e. The van der Waals surface area contributed by atoms with Crippen molar-refractivity contribution in [3.8, 4) is 0 Å². The third-order valence-corrected chi connectivity index (χ3v) is 4.16. The number of hydrogen-bond donors (Lipinski definition) is 0. The molecule has 1 atom stereocenters. The molecule has 1 heterocycles. The molecule has 0 aliphatic rings. The van der Waals surface area contributed by atoms with E-state index in [0.29, 0.717) is 16.7 Å². The number of rotatable bonds is 4. The van der Waals surface area contributed by atoms with Crippen molar-refractivity contribution in [1.29, 1.82) is 0 Å². The molecule has 0 saturated heterocycles. The molecule has 0 bridgehead atoms. The van der Waals surface area contributed by atoms with Gasteiger partial charge in [0, 0.05) is 5.39 Å². The number of alkyl halides is 3. The number of hydrogen-bond acceptors (Lipinski definition) is 3. The molecule has 3 rings (SSSR count). The monoisotopic (exact) mass is 392 g/mol. The summed E-state index contributed by atoms with van der Waals surface area (Å²) in [4.78, 5) is 12.2. The highest BCUT2D eigenvalue weighted by Gasteiger charge is 2.42. The molecule has 6 heteroatoms. The van der Waals surface area contributed by atoms with E-state index in [-0.39, 0.29) is 23.3 Å². The number of benzene rings is 2. The van der Waals surface area contributed by atoms with E-state index in [1.807, 2.05) is 13.8 Å². The van der Waals surface area contributed by atoms with Crippen LogP contribution in [0, 0.1) is 6.92 Å². The number of aryl methyl sites for hydroxylation is 1. The van der Waals surface area contributed by atoms with E-state index >= 15 is 0 Å². The molecule has 0 N–H and O–H groups in total. The maximum atomic E-state index is 13.8. The first-order chi connectivity index (χ1) is 13.3. The lowest BCUT2D eigenvalue weighted by molar-refractivity contribution is -0.141. The highest BCUT2D eigenvalue weighted by Crippen LogP contribution is 2.41. The average Bonchev–Trinajstić information content (AvgIpc) is 2.98. The largest absolute Gasteiger partial charge is 0.462 e. The van der Waals surface area contributed by atoms with Gasteiger partial charge < -0.3 is 9.15 Å². The average molecular weight is 392 g/mol. The van der Waals surface area contributed by atoms with Crippen LogP contribution in [0.15, 0.2) is 52.9 Å². The lowest BCUT2D eigenvalue weighted by Crippen LogP contribution is -2.22. The topological polar surface area (TPSA) is 39.4 Å². The van der Waals surface area contributed by atoms with Crippen molar-refractivity contribution in [3.05, 3.63) is 71.0 Å². The van der Waals surface area contributed by atoms with Crippen LogP contribution in [-0.2, 0) is 4.74 Å². The molecule has 0 radical (unpaired) electrons. The maximum Gasteiger partial charge on any atom is 0.399 e. The maximum absolute atomic E-state index is 13.8. The zero-order chi connectivity index (χ0) is 20.9. The second-order valence-electron chi connectivity index (χ2n) is 5.89. The van der Waals surface area contributed by atoms with Gasteiger partial charge in [0.15, 0.2) is 0 Å². The van der Waals surface area contributed by atoms with Gasteiger partial charge in [-0.05, 0) is 37.1 Å². The van der Waals surface area contributed by atoms with Crippen molar-refractivity contribution in [1.82, 2.24) is 0 Å². The van der Waals surface area contributed by atoms with Gasteiger partial charge >= 0.3 is 12.1 Å². The number of esters is 1. The van der Waals surface area contributed by atoms with Crippen molar-refractivity contribution in [2.75, 3.05) is 6.61 Å². The molecule has 0 saturated carbocycles. The number of ether oxygens (including phenoxy) is 1. The van der Waals surface area contributed by atoms with E-state index in [1.165, 1.54) is 30.3 Å². The van der Waals surface area contributed by atoms with Gasteiger partial charge in [-0.15, -0.1) is 0 Å². The summed E-state index contributed by atoms with van der Waals surface area (Å²) >= 11 is 0. The summed E-state index contributed by atoms with van der Waals surface area (Å²) in [5.74, 6) is -2.08.